The average Bonchev–Trinajstić information content (AvgIpc) is 2.22. The summed E-state index contributed by atoms with van der Waals surface area (Å²) in [5, 5.41) is 3.07. The van der Waals surface area contributed by atoms with Crippen LogP contribution in [0.25, 0.3) is 0 Å². The van der Waals surface area contributed by atoms with Crippen molar-refractivity contribution in [3.63, 3.8) is 0 Å². The third-order valence-corrected chi connectivity index (χ3v) is 2.84. The van der Waals surface area contributed by atoms with Crippen LogP contribution in [-0.2, 0) is 6.18 Å². The van der Waals surface area contributed by atoms with Gasteiger partial charge in [0, 0.05) is 6.04 Å². The summed E-state index contributed by atoms with van der Waals surface area (Å²) >= 11 is 0. The number of anilines is 2. The van der Waals surface area contributed by atoms with Crippen LogP contribution in [-0.4, -0.2) is 16.0 Å². The number of nitrogen functional groups attached to an aromatic ring is 1. The maximum Gasteiger partial charge on any atom is 0.437 e. The molecule has 0 radical (unpaired) electrons. The van der Waals surface area contributed by atoms with Crippen molar-refractivity contribution in [2.45, 2.75) is 46.3 Å². The molecule has 19 heavy (non-hydrogen) atoms. The third kappa shape index (κ3) is 3.97. The second kappa shape index (κ2) is 5.22. The monoisotopic (exact) mass is 276 g/mol. The topological polar surface area (TPSA) is 63.8 Å². The molecule has 4 nitrogen and oxygen atoms in total. The number of halogens is 3. The van der Waals surface area contributed by atoms with Gasteiger partial charge < -0.3 is 11.1 Å². The van der Waals surface area contributed by atoms with E-state index in [9.17, 15) is 13.2 Å². The zero-order chi connectivity index (χ0) is 14.8. The van der Waals surface area contributed by atoms with E-state index in [1.54, 1.807) is 0 Å². The van der Waals surface area contributed by atoms with Gasteiger partial charge in [0.15, 0.2) is 11.5 Å². The zero-order valence-corrected chi connectivity index (χ0v) is 11.5. The van der Waals surface area contributed by atoms with Crippen LogP contribution in [0, 0.1) is 5.41 Å². The Labute approximate surface area is 110 Å². The maximum atomic E-state index is 12.5. The van der Waals surface area contributed by atoms with E-state index in [1.807, 2.05) is 27.7 Å². The molecule has 0 spiro atoms. The normalized spacial score (nSPS) is 14.3. The van der Waals surface area contributed by atoms with Gasteiger partial charge in [-0.05, 0) is 11.8 Å². The van der Waals surface area contributed by atoms with Crippen LogP contribution in [0.2, 0.25) is 0 Å². The molecule has 7 heteroatoms. The van der Waals surface area contributed by atoms with Gasteiger partial charge in [-0.15, -0.1) is 0 Å². The number of aromatic nitrogens is 2. The van der Waals surface area contributed by atoms with E-state index in [2.05, 4.69) is 15.3 Å². The lowest BCUT2D eigenvalue weighted by atomic mass is 9.85. The SMILES string of the molecule is CC[C@@H](Nc1cnc(C(F)(F)F)c(N)n1)C(C)(C)C. The second-order valence-corrected chi connectivity index (χ2v) is 5.46. The van der Waals surface area contributed by atoms with Crippen molar-refractivity contribution < 1.29 is 13.2 Å². The van der Waals surface area contributed by atoms with Crippen LogP contribution in [0.1, 0.15) is 39.8 Å². The first kappa shape index (κ1) is 15.5. The Balaban J connectivity index is 2.96. The number of hydrogen-bond acceptors (Lipinski definition) is 4. The molecule has 0 fully saturated rings. The van der Waals surface area contributed by atoms with Crippen LogP contribution in [0.5, 0.6) is 0 Å². The summed E-state index contributed by atoms with van der Waals surface area (Å²) in [7, 11) is 0. The fraction of sp³-hybridized carbons (Fsp3) is 0.667. The molecule has 0 saturated carbocycles. The van der Waals surface area contributed by atoms with Crippen LogP contribution < -0.4 is 11.1 Å². The van der Waals surface area contributed by atoms with Crippen molar-refractivity contribution in [2.24, 2.45) is 5.41 Å². The first-order valence-corrected chi connectivity index (χ1v) is 6.02. The summed E-state index contributed by atoms with van der Waals surface area (Å²) in [6, 6.07) is 0.0675. The van der Waals surface area contributed by atoms with Gasteiger partial charge in [0.25, 0.3) is 0 Å². The molecule has 1 heterocycles. The minimum atomic E-state index is -4.58. The van der Waals surface area contributed by atoms with E-state index >= 15 is 0 Å². The Morgan fingerprint density at radius 3 is 2.26 bits per heavy atom. The smallest absolute Gasteiger partial charge is 0.382 e. The Kier molecular flexibility index (Phi) is 4.27. The Morgan fingerprint density at radius 2 is 1.89 bits per heavy atom. The van der Waals surface area contributed by atoms with E-state index in [4.69, 9.17) is 5.73 Å². The summed E-state index contributed by atoms with van der Waals surface area (Å²) in [6.07, 6.45) is -2.70. The molecule has 0 aromatic carbocycles. The predicted octanol–water partition coefficient (Wildman–Crippen LogP) is 3.31. The van der Waals surface area contributed by atoms with Gasteiger partial charge in [-0.3, -0.25) is 0 Å². The number of nitrogens with two attached hydrogens (primary N) is 1. The molecule has 108 valence electrons. The van der Waals surface area contributed by atoms with Crippen molar-refractivity contribution in [2.75, 3.05) is 11.1 Å². The van der Waals surface area contributed by atoms with Crippen molar-refractivity contribution in [3.05, 3.63) is 11.9 Å². The Hall–Kier alpha value is -1.53. The van der Waals surface area contributed by atoms with Crippen molar-refractivity contribution in [1.82, 2.24) is 9.97 Å². The van der Waals surface area contributed by atoms with E-state index in [-0.39, 0.29) is 17.3 Å². The second-order valence-electron chi connectivity index (χ2n) is 5.46. The summed E-state index contributed by atoms with van der Waals surface area (Å²) in [4.78, 5) is 7.07. The molecular weight excluding hydrogens is 257 g/mol. The Bertz CT molecular complexity index is 438. The summed E-state index contributed by atoms with van der Waals surface area (Å²) in [5.74, 6) is -0.353. The summed E-state index contributed by atoms with van der Waals surface area (Å²) in [6.45, 7) is 8.10. The fourth-order valence-corrected chi connectivity index (χ4v) is 1.80. The first-order chi connectivity index (χ1) is 8.55. The largest absolute Gasteiger partial charge is 0.437 e. The number of alkyl halides is 3. The zero-order valence-electron chi connectivity index (χ0n) is 11.5. The molecular formula is C12H19F3N4. The number of nitrogens with one attached hydrogen (secondary N) is 1. The highest BCUT2D eigenvalue weighted by atomic mass is 19.4. The minimum absolute atomic E-state index is 0.0477. The van der Waals surface area contributed by atoms with Crippen LogP contribution in [0.4, 0.5) is 24.8 Å². The van der Waals surface area contributed by atoms with Crippen molar-refractivity contribution in [1.29, 1.82) is 0 Å². The molecule has 0 amide bonds. The van der Waals surface area contributed by atoms with Gasteiger partial charge in [0.1, 0.15) is 5.82 Å². The molecule has 0 bridgehead atoms. The predicted molar refractivity (Wildman–Crippen MR) is 68.6 cm³/mol. The van der Waals surface area contributed by atoms with E-state index in [1.165, 1.54) is 0 Å². The number of hydrogen-bond donors (Lipinski definition) is 2. The third-order valence-electron chi connectivity index (χ3n) is 2.84. The van der Waals surface area contributed by atoms with E-state index in [0.717, 1.165) is 12.6 Å². The molecule has 1 atom stereocenters. The standard InChI is InChI=1S/C12H19F3N4/c1-5-7(11(2,3)4)18-8-6-17-9(10(16)19-8)12(13,14)15/h6-7H,5H2,1-4H3,(H3,16,18,19)/t7-/m1/s1. The number of nitrogens with zero attached hydrogens (tertiary/aromatic N) is 2. The summed E-state index contributed by atoms with van der Waals surface area (Å²) in [5.41, 5.74) is 4.10. The molecule has 0 aliphatic rings. The highest BCUT2D eigenvalue weighted by Gasteiger charge is 2.36. The molecule has 1 aromatic rings. The van der Waals surface area contributed by atoms with Crippen molar-refractivity contribution >= 4 is 11.6 Å². The van der Waals surface area contributed by atoms with Gasteiger partial charge in [0.2, 0.25) is 0 Å². The first-order valence-electron chi connectivity index (χ1n) is 6.02. The molecule has 3 N–H and O–H groups in total. The lowest BCUT2D eigenvalue weighted by Crippen LogP contribution is -2.33. The minimum Gasteiger partial charge on any atom is -0.382 e. The molecule has 0 aliphatic carbocycles. The average molecular weight is 276 g/mol. The maximum absolute atomic E-state index is 12.5. The number of rotatable bonds is 3. The molecule has 1 aromatic heterocycles. The lowest BCUT2D eigenvalue weighted by molar-refractivity contribution is -0.140. The van der Waals surface area contributed by atoms with Gasteiger partial charge >= 0.3 is 6.18 Å². The van der Waals surface area contributed by atoms with Crippen LogP contribution >= 0.6 is 0 Å². The van der Waals surface area contributed by atoms with E-state index < -0.39 is 17.7 Å². The highest BCUT2D eigenvalue weighted by Crippen LogP contribution is 2.32. The van der Waals surface area contributed by atoms with Crippen LogP contribution in [0.15, 0.2) is 6.20 Å². The Morgan fingerprint density at radius 1 is 1.32 bits per heavy atom. The molecule has 0 saturated heterocycles. The molecule has 1 rings (SSSR count). The highest BCUT2D eigenvalue weighted by molar-refractivity contribution is 5.45. The lowest BCUT2D eigenvalue weighted by Gasteiger charge is -2.31. The quantitative estimate of drug-likeness (QED) is 0.889. The van der Waals surface area contributed by atoms with Crippen LogP contribution in [0.3, 0.4) is 0 Å². The van der Waals surface area contributed by atoms with Gasteiger partial charge in [0.05, 0.1) is 6.20 Å². The van der Waals surface area contributed by atoms with Gasteiger partial charge in [-0.25, -0.2) is 9.97 Å². The fourth-order valence-electron chi connectivity index (χ4n) is 1.80. The summed E-state index contributed by atoms with van der Waals surface area (Å²) < 4.78 is 37.5. The van der Waals surface area contributed by atoms with E-state index in [0.29, 0.717) is 0 Å². The van der Waals surface area contributed by atoms with Crippen molar-refractivity contribution in [3.8, 4) is 0 Å². The molecule has 0 aliphatic heterocycles. The van der Waals surface area contributed by atoms with Gasteiger partial charge in [-0.1, -0.05) is 27.7 Å². The molecule has 0 unspecified atom stereocenters. The van der Waals surface area contributed by atoms with Gasteiger partial charge in [-0.2, -0.15) is 13.2 Å².